The molecule has 4 atom stereocenters. The van der Waals surface area contributed by atoms with Gasteiger partial charge in [-0.1, -0.05) is 6.07 Å². The highest BCUT2D eigenvalue weighted by atomic mass is 16.6. The number of hydrogen-bond acceptors (Lipinski definition) is 11. The first kappa shape index (κ1) is 19.9. The van der Waals surface area contributed by atoms with Crippen LogP contribution in [0.15, 0.2) is 30.9 Å². The normalized spacial score (nSPS) is 23.7. The Morgan fingerprint density at radius 2 is 2.07 bits per heavy atom. The molecule has 1 aromatic carbocycles. The third-order valence-corrected chi connectivity index (χ3v) is 4.90. The highest BCUT2D eigenvalue weighted by Crippen LogP contribution is 2.32. The zero-order chi connectivity index (χ0) is 21.4. The van der Waals surface area contributed by atoms with Crippen molar-refractivity contribution in [3.05, 3.63) is 46.5 Å². The van der Waals surface area contributed by atoms with Crippen LogP contribution in [0.5, 0.6) is 0 Å². The minimum Gasteiger partial charge on any atom is -0.394 e. The van der Waals surface area contributed by atoms with Crippen LogP contribution >= 0.6 is 0 Å². The first-order valence-electron chi connectivity index (χ1n) is 8.97. The Labute approximate surface area is 168 Å². The van der Waals surface area contributed by atoms with Gasteiger partial charge >= 0.3 is 0 Å². The number of nitrogens with one attached hydrogen (secondary N) is 1. The number of aromatic nitrogens is 4. The number of nitrogen functional groups attached to an aromatic ring is 1. The molecule has 6 N–H and O–H groups in total. The van der Waals surface area contributed by atoms with Crippen LogP contribution in [0.2, 0.25) is 0 Å². The lowest BCUT2D eigenvalue weighted by Gasteiger charge is -2.16. The highest BCUT2D eigenvalue weighted by Gasteiger charge is 2.44. The largest absolute Gasteiger partial charge is 0.394 e. The maximum atomic E-state index is 11.1. The van der Waals surface area contributed by atoms with Crippen molar-refractivity contribution in [3.8, 4) is 0 Å². The minimum absolute atomic E-state index is 0.0745. The van der Waals surface area contributed by atoms with Crippen LogP contribution in [0.3, 0.4) is 0 Å². The first-order chi connectivity index (χ1) is 14.4. The maximum Gasteiger partial charge on any atom is 0.292 e. The van der Waals surface area contributed by atoms with Crippen LogP contribution in [0.4, 0.5) is 17.2 Å². The number of anilines is 2. The molecule has 2 aromatic heterocycles. The second kappa shape index (κ2) is 7.79. The zero-order valence-corrected chi connectivity index (χ0v) is 15.5. The Hall–Kier alpha value is -3.39. The Kier molecular flexibility index (Phi) is 5.17. The molecule has 4 rings (SSSR count). The van der Waals surface area contributed by atoms with Crippen LogP contribution < -0.4 is 11.1 Å². The highest BCUT2D eigenvalue weighted by molar-refractivity contribution is 5.82. The number of fused-ring (bicyclic) bond motifs is 1. The van der Waals surface area contributed by atoms with Gasteiger partial charge in [0.05, 0.1) is 17.9 Å². The molecule has 158 valence electrons. The topological polar surface area (TPSA) is 195 Å². The summed E-state index contributed by atoms with van der Waals surface area (Å²) in [5, 5.41) is 43.6. The number of rotatable bonds is 6. The van der Waals surface area contributed by atoms with Crippen molar-refractivity contribution in [2.45, 2.75) is 31.1 Å². The third kappa shape index (κ3) is 3.39. The van der Waals surface area contributed by atoms with Crippen molar-refractivity contribution in [2.75, 3.05) is 17.7 Å². The minimum atomic E-state index is -1.28. The number of ether oxygens (including phenoxy) is 1. The number of aliphatic hydroxyl groups excluding tert-OH is 3. The molecule has 0 amide bonds. The summed E-state index contributed by atoms with van der Waals surface area (Å²) in [6.07, 6.45) is -1.76. The number of nitro groups is 1. The van der Waals surface area contributed by atoms with Crippen LogP contribution in [0.25, 0.3) is 11.2 Å². The summed E-state index contributed by atoms with van der Waals surface area (Å²) in [4.78, 5) is 23.1. The molecule has 1 saturated heterocycles. The van der Waals surface area contributed by atoms with E-state index in [0.29, 0.717) is 22.5 Å². The summed E-state index contributed by atoms with van der Waals surface area (Å²) < 4.78 is 6.96. The summed E-state index contributed by atoms with van der Waals surface area (Å²) in [6, 6.07) is 4.49. The monoisotopic (exact) mass is 417 g/mol. The van der Waals surface area contributed by atoms with Gasteiger partial charge in [0, 0.05) is 12.6 Å². The molecule has 0 spiro atoms. The van der Waals surface area contributed by atoms with E-state index in [1.165, 1.54) is 29.4 Å². The Morgan fingerprint density at radius 1 is 1.27 bits per heavy atom. The number of imidazole rings is 1. The molecule has 13 nitrogen and oxygen atoms in total. The Balaban J connectivity index is 1.59. The fraction of sp³-hybridized carbons (Fsp3) is 0.353. The number of benzene rings is 1. The summed E-state index contributed by atoms with van der Waals surface area (Å²) in [7, 11) is 0. The van der Waals surface area contributed by atoms with E-state index in [9.17, 15) is 25.4 Å². The van der Waals surface area contributed by atoms with Gasteiger partial charge in [-0.05, 0) is 11.6 Å². The second-order valence-corrected chi connectivity index (χ2v) is 6.78. The lowest BCUT2D eigenvalue weighted by Crippen LogP contribution is -2.33. The average molecular weight is 417 g/mol. The van der Waals surface area contributed by atoms with Crippen LogP contribution in [0, 0.1) is 10.1 Å². The molecule has 0 bridgehead atoms. The fourth-order valence-electron chi connectivity index (χ4n) is 3.32. The SMILES string of the molecule is Nc1ccc(CNc2ncnc3c2ncn3C2O[C@H](CO)[C@@H](O)[C@H]2O)cc1[N+](=O)[O-]. The van der Waals surface area contributed by atoms with Gasteiger partial charge in [0.15, 0.2) is 23.2 Å². The van der Waals surface area contributed by atoms with E-state index in [2.05, 4.69) is 20.3 Å². The molecule has 30 heavy (non-hydrogen) atoms. The summed E-state index contributed by atoms with van der Waals surface area (Å²) in [6.45, 7) is -0.231. The second-order valence-electron chi connectivity index (χ2n) is 6.78. The Bertz CT molecular complexity index is 1090. The van der Waals surface area contributed by atoms with E-state index in [-0.39, 0.29) is 17.9 Å². The molecule has 0 radical (unpaired) electrons. The lowest BCUT2D eigenvalue weighted by molar-refractivity contribution is -0.383. The molecule has 0 aliphatic carbocycles. The van der Waals surface area contributed by atoms with Crippen molar-refractivity contribution >= 4 is 28.4 Å². The van der Waals surface area contributed by atoms with Crippen molar-refractivity contribution in [2.24, 2.45) is 0 Å². The van der Waals surface area contributed by atoms with Crippen LogP contribution in [-0.4, -0.2) is 64.7 Å². The third-order valence-electron chi connectivity index (χ3n) is 4.90. The number of nitrogens with two attached hydrogens (primary N) is 1. The summed E-state index contributed by atoms with van der Waals surface area (Å²) in [5.74, 6) is 0.366. The van der Waals surface area contributed by atoms with Gasteiger partial charge in [-0.25, -0.2) is 15.0 Å². The number of hydrogen-bond donors (Lipinski definition) is 5. The van der Waals surface area contributed by atoms with E-state index in [0.717, 1.165) is 0 Å². The van der Waals surface area contributed by atoms with Gasteiger partial charge < -0.3 is 31.1 Å². The maximum absolute atomic E-state index is 11.1. The van der Waals surface area contributed by atoms with Gasteiger partial charge in [-0.15, -0.1) is 0 Å². The fourth-order valence-corrected chi connectivity index (χ4v) is 3.32. The molecule has 3 heterocycles. The van der Waals surface area contributed by atoms with Crippen LogP contribution in [0.1, 0.15) is 11.8 Å². The molecule has 0 saturated carbocycles. The number of aliphatic hydroxyl groups is 3. The molecule has 1 fully saturated rings. The summed E-state index contributed by atoms with van der Waals surface area (Å²) in [5.41, 5.74) is 6.83. The summed E-state index contributed by atoms with van der Waals surface area (Å²) >= 11 is 0. The van der Waals surface area contributed by atoms with E-state index in [1.54, 1.807) is 6.07 Å². The van der Waals surface area contributed by atoms with Crippen molar-refractivity contribution < 1.29 is 25.0 Å². The average Bonchev–Trinajstić information content (AvgIpc) is 3.28. The van der Waals surface area contributed by atoms with Crippen molar-refractivity contribution in [1.82, 2.24) is 19.5 Å². The molecular formula is C17H19N7O6. The van der Waals surface area contributed by atoms with Crippen molar-refractivity contribution in [1.29, 1.82) is 0 Å². The molecular weight excluding hydrogens is 398 g/mol. The standard InChI is InChI=1S/C17H19N7O6/c18-9-2-1-8(3-10(9)24(28)29)4-19-15-12-16(21-6-20-15)23(7-22-12)17-14(27)13(26)11(5-25)30-17/h1-3,6-7,11,13-14,17,25-27H,4-5,18H2,(H,19,20,21)/t11-,13-,14-,17?/m1/s1. The van der Waals surface area contributed by atoms with Gasteiger partial charge in [-0.3, -0.25) is 14.7 Å². The molecule has 1 aliphatic rings. The van der Waals surface area contributed by atoms with E-state index in [1.807, 2.05) is 0 Å². The first-order valence-corrected chi connectivity index (χ1v) is 8.97. The van der Waals surface area contributed by atoms with Crippen molar-refractivity contribution in [3.63, 3.8) is 0 Å². The van der Waals surface area contributed by atoms with Gasteiger partial charge in [-0.2, -0.15) is 0 Å². The molecule has 13 heteroatoms. The van der Waals surface area contributed by atoms with E-state index < -0.39 is 36.1 Å². The van der Waals surface area contributed by atoms with E-state index >= 15 is 0 Å². The number of nitro benzene ring substituents is 1. The quantitative estimate of drug-likeness (QED) is 0.198. The Morgan fingerprint density at radius 3 is 2.77 bits per heavy atom. The van der Waals surface area contributed by atoms with Gasteiger partial charge in [0.25, 0.3) is 5.69 Å². The zero-order valence-electron chi connectivity index (χ0n) is 15.5. The van der Waals surface area contributed by atoms with Crippen LogP contribution in [-0.2, 0) is 11.3 Å². The number of nitrogens with zero attached hydrogens (tertiary/aromatic N) is 5. The molecule has 3 aromatic rings. The predicted molar refractivity (Wildman–Crippen MR) is 103 cm³/mol. The van der Waals surface area contributed by atoms with Gasteiger partial charge in [0.2, 0.25) is 0 Å². The molecule has 1 aliphatic heterocycles. The lowest BCUT2D eigenvalue weighted by atomic mass is 10.1. The van der Waals surface area contributed by atoms with E-state index in [4.69, 9.17) is 10.5 Å². The predicted octanol–water partition coefficient (Wildman–Crippen LogP) is -0.460. The van der Waals surface area contributed by atoms with Gasteiger partial charge in [0.1, 0.15) is 30.3 Å². The smallest absolute Gasteiger partial charge is 0.292 e. The molecule has 1 unspecified atom stereocenters.